The molecule has 0 amide bonds. The van der Waals surface area contributed by atoms with Gasteiger partial charge < -0.3 is 9.72 Å². The molecular weight excluding hydrogens is 470 g/mol. The molecule has 0 aliphatic heterocycles. The molecule has 164 valence electrons. The number of pyridine rings is 1. The molecule has 0 saturated heterocycles. The van der Waals surface area contributed by atoms with E-state index in [-0.39, 0.29) is 11.4 Å². The number of aryl methyl sites for hydroxylation is 2. The third-order valence-electron chi connectivity index (χ3n) is 5.43. The first-order chi connectivity index (χ1) is 15.5. The second kappa shape index (κ2) is 9.48. The Labute approximate surface area is 194 Å². The van der Waals surface area contributed by atoms with Crippen LogP contribution in [0.4, 0.5) is 0 Å². The molecule has 0 radical (unpaired) electrons. The maximum absolute atomic E-state index is 13.2. The fraction of sp³-hybridized carbons (Fsp3) is 0.250. The fourth-order valence-electron chi connectivity index (χ4n) is 3.48. The predicted molar refractivity (Wildman–Crippen MR) is 129 cm³/mol. The molecule has 0 fully saturated rings. The zero-order chi connectivity index (χ0) is 22.7. The van der Waals surface area contributed by atoms with Crippen molar-refractivity contribution in [1.82, 2.24) is 25.6 Å². The average Bonchev–Trinajstić information content (AvgIpc) is 3.32. The normalized spacial score (nSPS) is 11.0. The number of unbranched alkanes of at least 4 members (excludes halogenated alkanes) is 1. The lowest BCUT2D eigenvalue weighted by atomic mass is 9.95. The summed E-state index contributed by atoms with van der Waals surface area (Å²) in [6.45, 7) is 6.92. The first-order valence-corrected chi connectivity index (χ1v) is 11.3. The fourth-order valence-corrected chi connectivity index (χ4v) is 4.23. The maximum Gasteiger partial charge on any atom is 0.260 e. The number of nitrogens with zero attached hydrogens (tertiary/aromatic N) is 3. The number of ether oxygens (including phenoxy) is 1. The second-order valence-corrected chi connectivity index (χ2v) is 8.45. The van der Waals surface area contributed by atoms with Crippen molar-refractivity contribution >= 4 is 15.9 Å². The highest BCUT2D eigenvalue weighted by molar-refractivity contribution is 9.10. The summed E-state index contributed by atoms with van der Waals surface area (Å²) in [6, 6.07) is 13.8. The van der Waals surface area contributed by atoms with Gasteiger partial charge in [-0.15, -0.1) is 10.2 Å². The van der Waals surface area contributed by atoms with Gasteiger partial charge in [-0.2, -0.15) is 5.21 Å². The number of halogens is 1. The maximum atomic E-state index is 13.2. The van der Waals surface area contributed by atoms with Gasteiger partial charge in [0.25, 0.3) is 5.56 Å². The smallest absolute Gasteiger partial charge is 0.260 e. The molecule has 0 bridgehead atoms. The van der Waals surface area contributed by atoms with Crippen LogP contribution in [-0.2, 0) is 0 Å². The summed E-state index contributed by atoms with van der Waals surface area (Å²) in [5.74, 6) is 1.05. The highest BCUT2D eigenvalue weighted by atomic mass is 79.9. The predicted octanol–water partition coefficient (Wildman–Crippen LogP) is 5.45. The van der Waals surface area contributed by atoms with E-state index < -0.39 is 0 Å². The molecule has 0 aliphatic carbocycles. The molecule has 32 heavy (non-hydrogen) atoms. The minimum absolute atomic E-state index is 0.242. The van der Waals surface area contributed by atoms with E-state index in [2.05, 4.69) is 61.5 Å². The molecule has 4 aromatic rings. The van der Waals surface area contributed by atoms with Gasteiger partial charge in [0.1, 0.15) is 5.75 Å². The van der Waals surface area contributed by atoms with Gasteiger partial charge in [-0.05, 0) is 87.9 Å². The van der Waals surface area contributed by atoms with Crippen LogP contribution in [0.5, 0.6) is 5.75 Å². The number of benzene rings is 2. The van der Waals surface area contributed by atoms with Crippen LogP contribution in [0.3, 0.4) is 0 Å². The van der Waals surface area contributed by atoms with Crippen LogP contribution in [0.25, 0.3) is 33.8 Å². The van der Waals surface area contributed by atoms with Crippen LogP contribution in [-0.4, -0.2) is 32.2 Å². The summed E-state index contributed by atoms with van der Waals surface area (Å²) in [7, 11) is 0. The Balaban J connectivity index is 1.86. The van der Waals surface area contributed by atoms with Crippen molar-refractivity contribution in [3.8, 4) is 39.5 Å². The SMILES string of the molecule is CCCCOc1ccc(-c2[nH]c(=O)c(-c3nn[nH]n3)c(-c3ccc(C)c(C)c3)c2Br)cc1. The lowest BCUT2D eigenvalue weighted by molar-refractivity contribution is 0.309. The Hall–Kier alpha value is -3.26. The minimum Gasteiger partial charge on any atom is -0.494 e. The van der Waals surface area contributed by atoms with Crippen LogP contribution in [0, 0.1) is 13.8 Å². The third kappa shape index (κ3) is 4.36. The zero-order valence-corrected chi connectivity index (χ0v) is 19.8. The number of aromatic nitrogens is 5. The minimum atomic E-state index is -0.291. The first kappa shape index (κ1) is 22.0. The molecule has 0 unspecified atom stereocenters. The number of rotatable bonds is 7. The van der Waals surface area contributed by atoms with Gasteiger partial charge in [0.2, 0.25) is 5.82 Å². The Morgan fingerprint density at radius 2 is 1.75 bits per heavy atom. The Kier molecular flexibility index (Phi) is 6.50. The van der Waals surface area contributed by atoms with E-state index in [1.54, 1.807) is 0 Å². The lowest BCUT2D eigenvalue weighted by Gasteiger charge is -2.15. The molecule has 0 saturated carbocycles. The van der Waals surface area contributed by atoms with Crippen molar-refractivity contribution < 1.29 is 4.74 Å². The van der Waals surface area contributed by atoms with Gasteiger partial charge >= 0.3 is 0 Å². The highest BCUT2D eigenvalue weighted by Gasteiger charge is 2.22. The van der Waals surface area contributed by atoms with Crippen molar-refractivity contribution in [1.29, 1.82) is 0 Å². The van der Waals surface area contributed by atoms with Crippen LogP contribution in [0.2, 0.25) is 0 Å². The first-order valence-electron chi connectivity index (χ1n) is 10.5. The summed E-state index contributed by atoms with van der Waals surface area (Å²) >= 11 is 3.75. The third-order valence-corrected chi connectivity index (χ3v) is 6.22. The zero-order valence-electron chi connectivity index (χ0n) is 18.2. The molecule has 0 aliphatic rings. The van der Waals surface area contributed by atoms with Gasteiger partial charge in [-0.25, -0.2) is 0 Å². The topological polar surface area (TPSA) is 96.5 Å². The molecular formula is C24H24BrN5O2. The number of hydrogen-bond donors (Lipinski definition) is 2. The summed E-state index contributed by atoms with van der Waals surface area (Å²) in [5, 5.41) is 14.2. The van der Waals surface area contributed by atoms with Gasteiger partial charge in [-0.1, -0.05) is 31.5 Å². The van der Waals surface area contributed by atoms with Crippen LogP contribution in [0.15, 0.2) is 51.7 Å². The van der Waals surface area contributed by atoms with Crippen molar-refractivity contribution in [2.45, 2.75) is 33.6 Å². The number of tetrazole rings is 1. The Morgan fingerprint density at radius 1 is 1.00 bits per heavy atom. The molecule has 0 atom stereocenters. The standard InChI is InChI=1S/C24H24BrN5O2/c1-4-5-12-32-18-10-8-16(9-11-18)22-21(25)19(17-7-6-14(2)15(3)13-17)20(24(31)26-22)23-27-29-30-28-23/h6-11,13H,4-5,12H2,1-3H3,(H,26,31)(H,27,28,29,30). The second-order valence-electron chi connectivity index (χ2n) is 7.65. The van der Waals surface area contributed by atoms with Gasteiger partial charge in [0.15, 0.2) is 0 Å². The average molecular weight is 494 g/mol. The Morgan fingerprint density at radius 3 is 2.41 bits per heavy atom. The summed E-state index contributed by atoms with van der Waals surface area (Å²) in [6.07, 6.45) is 2.09. The quantitative estimate of drug-likeness (QED) is 0.333. The van der Waals surface area contributed by atoms with Gasteiger partial charge in [0, 0.05) is 5.56 Å². The van der Waals surface area contributed by atoms with Crippen molar-refractivity contribution in [3.63, 3.8) is 0 Å². The van der Waals surface area contributed by atoms with E-state index in [1.807, 2.05) is 43.3 Å². The van der Waals surface area contributed by atoms with Crippen LogP contribution < -0.4 is 10.3 Å². The number of hydrogen-bond acceptors (Lipinski definition) is 5. The molecule has 4 rings (SSSR count). The van der Waals surface area contributed by atoms with Gasteiger partial charge in [0.05, 0.1) is 22.3 Å². The van der Waals surface area contributed by atoms with E-state index in [1.165, 1.54) is 5.56 Å². The van der Waals surface area contributed by atoms with E-state index in [0.29, 0.717) is 17.9 Å². The number of aromatic amines is 2. The van der Waals surface area contributed by atoms with Gasteiger partial charge in [-0.3, -0.25) is 4.79 Å². The van der Waals surface area contributed by atoms with Crippen LogP contribution >= 0.6 is 15.9 Å². The molecule has 2 aromatic carbocycles. The summed E-state index contributed by atoms with van der Waals surface area (Å²) in [5.41, 5.74) is 5.53. The Bertz CT molecular complexity index is 1280. The van der Waals surface area contributed by atoms with E-state index in [9.17, 15) is 4.79 Å². The van der Waals surface area contributed by atoms with Crippen molar-refractivity contribution in [2.75, 3.05) is 6.61 Å². The monoisotopic (exact) mass is 493 g/mol. The van der Waals surface area contributed by atoms with Crippen molar-refractivity contribution in [2.24, 2.45) is 0 Å². The molecule has 2 aromatic heterocycles. The summed E-state index contributed by atoms with van der Waals surface area (Å²) < 4.78 is 6.52. The lowest BCUT2D eigenvalue weighted by Crippen LogP contribution is -2.14. The largest absolute Gasteiger partial charge is 0.494 e. The summed E-state index contributed by atoms with van der Waals surface area (Å²) in [4.78, 5) is 16.2. The molecule has 0 spiro atoms. The molecule has 7 nitrogen and oxygen atoms in total. The van der Waals surface area contributed by atoms with E-state index in [4.69, 9.17) is 4.74 Å². The highest BCUT2D eigenvalue weighted by Crippen LogP contribution is 2.39. The number of nitrogens with one attached hydrogen (secondary N) is 2. The van der Waals surface area contributed by atoms with E-state index in [0.717, 1.165) is 45.3 Å². The number of H-pyrrole nitrogens is 2. The van der Waals surface area contributed by atoms with Crippen LogP contribution in [0.1, 0.15) is 30.9 Å². The molecule has 8 heteroatoms. The van der Waals surface area contributed by atoms with Crippen molar-refractivity contribution in [3.05, 3.63) is 68.4 Å². The molecule has 2 N–H and O–H groups in total. The van der Waals surface area contributed by atoms with E-state index >= 15 is 0 Å². The molecule has 2 heterocycles.